The topological polar surface area (TPSA) is 63.8 Å². The lowest BCUT2D eigenvalue weighted by Gasteiger charge is -2.18. The highest BCUT2D eigenvalue weighted by molar-refractivity contribution is 6.35. The molecule has 0 saturated heterocycles. The van der Waals surface area contributed by atoms with Gasteiger partial charge in [-0.15, -0.1) is 0 Å². The maximum Gasteiger partial charge on any atom is 0.225 e. The minimum atomic E-state index is 0.116. The minimum absolute atomic E-state index is 0.116. The van der Waals surface area contributed by atoms with Gasteiger partial charge in [0, 0.05) is 12.6 Å². The van der Waals surface area contributed by atoms with Gasteiger partial charge in [0.1, 0.15) is 5.52 Å². The largest absolute Gasteiger partial charge is 0.396 e. The number of fused-ring (bicyclic) bond motifs is 1. The Morgan fingerprint density at radius 3 is 2.64 bits per heavy atom. The fourth-order valence-electron chi connectivity index (χ4n) is 2.68. The summed E-state index contributed by atoms with van der Waals surface area (Å²) in [5, 5.41) is 9.72. The van der Waals surface area contributed by atoms with E-state index in [1.54, 1.807) is 6.33 Å². The molecule has 2 aromatic heterocycles. The maximum absolute atomic E-state index is 9.34. The molecule has 0 spiro atoms. The smallest absolute Gasteiger partial charge is 0.225 e. The Balaban J connectivity index is 2.14. The molecule has 22 heavy (non-hydrogen) atoms. The van der Waals surface area contributed by atoms with E-state index in [0.29, 0.717) is 17.6 Å². The zero-order valence-electron chi connectivity index (χ0n) is 12.8. The highest BCUT2D eigenvalue weighted by Gasteiger charge is 2.17. The van der Waals surface area contributed by atoms with Gasteiger partial charge in [-0.3, -0.25) is 0 Å². The van der Waals surface area contributed by atoms with Crippen LogP contribution in [0.25, 0.3) is 11.2 Å². The molecule has 0 saturated carbocycles. The number of aromatic nitrogens is 4. The molecule has 2 rings (SSSR count). The van der Waals surface area contributed by atoms with Crippen molar-refractivity contribution in [3.8, 4) is 0 Å². The summed E-state index contributed by atoms with van der Waals surface area (Å²) in [5.41, 5.74) is 1.19. The van der Waals surface area contributed by atoms with Crippen molar-refractivity contribution in [2.45, 2.75) is 57.9 Å². The second kappa shape index (κ2) is 8.65. The first-order chi connectivity index (χ1) is 10.7. The van der Waals surface area contributed by atoms with Gasteiger partial charge in [0.05, 0.1) is 6.33 Å². The summed E-state index contributed by atoms with van der Waals surface area (Å²) >= 11 is 12.0. The molecule has 0 aliphatic carbocycles. The van der Waals surface area contributed by atoms with E-state index in [1.807, 2.05) is 4.57 Å². The summed E-state index contributed by atoms with van der Waals surface area (Å²) in [6.45, 7) is 2.34. The molecule has 5 nitrogen and oxygen atoms in total. The Kier molecular flexibility index (Phi) is 6.86. The summed E-state index contributed by atoms with van der Waals surface area (Å²) in [6, 6.07) is 0.152. The van der Waals surface area contributed by atoms with Gasteiger partial charge in [0.2, 0.25) is 5.28 Å². The lowest BCUT2D eigenvalue weighted by Crippen LogP contribution is -2.11. The van der Waals surface area contributed by atoms with E-state index in [9.17, 15) is 5.11 Å². The van der Waals surface area contributed by atoms with E-state index in [0.717, 1.165) is 12.8 Å². The second-order valence-electron chi connectivity index (χ2n) is 5.48. The Hall–Kier alpha value is -0.910. The van der Waals surface area contributed by atoms with Crippen LogP contribution < -0.4 is 0 Å². The first kappa shape index (κ1) is 17.4. The monoisotopic (exact) mass is 344 g/mol. The Labute approximate surface area is 140 Å². The van der Waals surface area contributed by atoms with Crippen molar-refractivity contribution in [2.75, 3.05) is 6.61 Å². The van der Waals surface area contributed by atoms with Crippen LogP contribution >= 0.6 is 23.2 Å². The molecule has 2 aromatic rings. The molecule has 1 unspecified atom stereocenters. The molecule has 0 aliphatic rings. The standard InChI is InChI=1S/C15H22Cl2N4O/c1-2-3-4-5-6-7-11(8-9-22)21-10-18-12-13(16)19-15(17)20-14(12)21/h10-11,22H,2-9H2,1H3. The van der Waals surface area contributed by atoms with E-state index in [4.69, 9.17) is 23.2 Å². The van der Waals surface area contributed by atoms with Crippen molar-refractivity contribution in [3.63, 3.8) is 0 Å². The number of hydrogen-bond donors (Lipinski definition) is 1. The quantitative estimate of drug-likeness (QED) is 0.415. The Bertz CT molecular complexity index is 602. The third kappa shape index (κ3) is 4.31. The number of halogens is 2. The maximum atomic E-state index is 9.34. The van der Waals surface area contributed by atoms with Gasteiger partial charge in [-0.2, -0.15) is 4.98 Å². The number of aliphatic hydroxyl groups is 1. The van der Waals surface area contributed by atoms with Crippen LogP contribution in [-0.2, 0) is 0 Å². The van der Waals surface area contributed by atoms with Crippen LogP contribution in [0.4, 0.5) is 0 Å². The summed E-state index contributed by atoms with van der Waals surface area (Å²) in [5.74, 6) is 0. The number of unbranched alkanes of at least 4 members (excludes halogenated alkanes) is 4. The number of imidazole rings is 1. The molecular formula is C15H22Cl2N4O. The predicted octanol–water partition coefficient (Wildman–Crippen LogP) is 4.42. The first-order valence-electron chi connectivity index (χ1n) is 7.83. The molecular weight excluding hydrogens is 323 g/mol. The molecule has 0 aliphatic heterocycles. The molecule has 7 heteroatoms. The van der Waals surface area contributed by atoms with Crippen LogP contribution in [0.15, 0.2) is 6.33 Å². The average Bonchev–Trinajstić information content (AvgIpc) is 2.90. The highest BCUT2D eigenvalue weighted by Crippen LogP contribution is 2.27. The summed E-state index contributed by atoms with van der Waals surface area (Å²) in [4.78, 5) is 12.4. The molecule has 1 atom stereocenters. The predicted molar refractivity (Wildman–Crippen MR) is 89.5 cm³/mol. The van der Waals surface area contributed by atoms with Gasteiger partial charge < -0.3 is 9.67 Å². The van der Waals surface area contributed by atoms with Crippen molar-refractivity contribution in [3.05, 3.63) is 16.8 Å². The summed E-state index contributed by atoms with van der Waals surface area (Å²) < 4.78 is 1.96. The average molecular weight is 345 g/mol. The fraction of sp³-hybridized carbons (Fsp3) is 0.667. The molecule has 2 heterocycles. The molecule has 122 valence electrons. The molecule has 0 amide bonds. The first-order valence-corrected chi connectivity index (χ1v) is 8.59. The third-order valence-corrected chi connectivity index (χ3v) is 4.28. The van der Waals surface area contributed by atoms with Crippen LogP contribution in [0.5, 0.6) is 0 Å². The molecule has 0 radical (unpaired) electrons. The van der Waals surface area contributed by atoms with E-state index < -0.39 is 0 Å². The van der Waals surface area contributed by atoms with Crippen molar-refractivity contribution in [1.82, 2.24) is 19.5 Å². The van der Waals surface area contributed by atoms with Gasteiger partial charge in [0.15, 0.2) is 10.8 Å². The van der Waals surface area contributed by atoms with Crippen LogP contribution in [0.1, 0.15) is 57.9 Å². The molecule has 0 aromatic carbocycles. The van der Waals surface area contributed by atoms with E-state index in [2.05, 4.69) is 21.9 Å². The number of hydrogen-bond acceptors (Lipinski definition) is 4. The number of nitrogens with zero attached hydrogens (tertiary/aromatic N) is 4. The third-order valence-electron chi connectivity index (χ3n) is 3.85. The van der Waals surface area contributed by atoms with Crippen molar-refractivity contribution >= 4 is 34.4 Å². The normalized spacial score (nSPS) is 12.9. The van der Waals surface area contributed by atoms with Gasteiger partial charge in [-0.1, -0.05) is 50.6 Å². The van der Waals surface area contributed by atoms with Crippen LogP contribution in [0.3, 0.4) is 0 Å². The summed E-state index contributed by atoms with van der Waals surface area (Å²) in [6.07, 6.45) is 9.46. The second-order valence-corrected chi connectivity index (χ2v) is 6.17. The molecule has 1 N–H and O–H groups in total. The van der Waals surface area contributed by atoms with Gasteiger partial charge in [-0.05, 0) is 24.4 Å². The van der Waals surface area contributed by atoms with E-state index in [1.165, 1.54) is 25.7 Å². The van der Waals surface area contributed by atoms with E-state index >= 15 is 0 Å². The lowest BCUT2D eigenvalue weighted by atomic mass is 10.0. The van der Waals surface area contributed by atoms with E-state index in [-0.39, 0.29) is 23.1 Å². The molecule has 0 fully saturated rings. The van der Waals surface area contributed by atoms with Gasteiger partial charge in [0.25, 0.3) is 0 Å². The zero-order valence-corrected chi connectivity index (χ0v) is 14.3. The Morgan fingerprint density at radius 2 is 1.91 bits per heavy atom. The number of rotatable bonds is 9. The fourth-order valence-corrected chi connectivity index (χ4v) is 3.10. The van der Waals surface area contributed by atoms with Crippen LogP contribution in [-0.4, -0.2) is 31.2 Å². The minimum Gasteiger partial charge on any atom is -0.396 e. The Morgan fingerprint density at radius 1 is 1.14 bits per heavy atom. The number of aliphatic hydroxyl groups excluding tert-OH is 1. The van der Waals surface area contributed by atoms with Crippen molar-refractivity contribution in [1.29, 1.82) is 0 Å². The van der Waals surface area contributed by atoms with Crippen molar-refractivity contribution < 1.29 is 5.11 Å². The highest BCUT2D eigenvalue weighted by atomic mass is 35.5. The van der Waals surface area contributed by atoms with Gasteiger partial charge in [-0.25, -0.2) is 9.97 Å². The van der Waals surface area contributed by atoms with Crippen LogP contribution in [0, 0.1) is 0 Å². The zero-order chi connectivity index (χ0) is 15.9. The SMILES string of the molecule is CCCCCCCC(CCO)n1cnc2c(Cl)nc(Cl)nc21. The van der Waals surface area contributed by atoms with Crippen LogP contribution in [0.2, 0.25) is 10.4 Å². The van der Waals surface area contributed by atoms with Gasteiger partial charge >= 0.3 is 0 Å². The summed E-state index contributed by atoms with van der Waals surface area (Å²) in [7, 11) is 0. The molecule has 0 bridgehead atoms. The lowest BCUT2D eigenvalue weighted by molar-refractivity contribution is 0.251. The van der Waals surface area contributed by atoms with Crippen molar-refractivity contribution in [2.24, 2.45) is 0 Å².